The summed E-state index contributed by atoms with van der Waals surface area (Å²) in [4.78, 5) is 31.9. The third kappa shape index (κ3) is 5.99. The molecule has 0 aromatic heterocycles. The molecule has 0 bridgehead atoms. The highest BCUT2D eigenvalue weighted by atomic mass is 32.2. The molecule has 0 saturated carbocycles. The monoisotopic (exact) mass is 455 g/mol. The maximum absolute atomic E-state index is 13.2. The Kier molecular flexibility index (Phi) is 7.54. The van der Waals surface area contributed by atoms with E-state index in [1.54, 1.807) is 4.90 Å². The SMILES string of the molecule is O=C(C1CCN(CC(=O)N(CC2CCCO2)C2CCS(=O)(=O)C2)CC1)N1CCCCC1. The molecule has 2 amide bonds. The van der Waals surface area contributed by atoms with Gasteiger partial charge in [-0.3, -0.25) is 14.5 Å². The van der Waals surface area contributed by atoms with E-state index in [1.807, 2.05) is 4.90 Å². The normalized spacial score (nSPS) is 29.9. The maximum atomic E-state index is 13.2. The van der Waals surface area contributed by atoms with E-state index in [2.05, 4.69) is 4.90 Å². The summed E-state index contributed by atoms with van der Waals surface area (Å²) in [6.45, 7) is 4.77. The van der Waals surface area contributed by atoms with Crippen molar-refractivity contribution in [3.8, 4) is 0 Å². The van der Waals surface area contributed by atoms with Crippen LogP contribution in [0.4, 0.5) is 0 Å². The highest BCUT2D eigenvalue weighted by Crippen LogP contribution is 2.24. The summed E-state index contributed by atoms with van der Waals surface area (Å²) in [6.07, 6.45) is 7.48. The van der Waals surface area contributed by atoms with Crippen LogP contribution in [0.2, 0.25) is 0 Å². The molecule has 2 atom stereocenters. The van der Waals surface area contributed by atoms with Crippen molar-refractivity contribution in [2.24, 2.45) is 5.92 Å². The average Bonchev–Trinajstić information content (AvgIpc) is 3.41. The lowest BCUT2D eigenvalue weighted by Gasteiger charge is -2.37. The molecule has 8 nitrogen and oxygen atoms in total. The van der Waals surface area contributed by atoms with Crippen molar-refractivity contribution in [1.29, 1.82) is 0 Å². The zero-order valence-electron chi connectivity index (χ0n) is 18.5. The summed E-state index contributed by atoms with van der Waals surface area (Å²) in [5.74, 6) is 0.599. The number of rotatable bonds is 6. The second-order valence-electron chi connectivity index (χ2n) is 9.67. The van der Waals surface area contributed by atoms with Crippen LogP contribution in [-0.4, -0.2) is 104 Å². The van der Waals surface area contributed by atoms with E-state index in [9.17, 15) is 18.0 Å². The van der Waals surface area contributed by atoms with Gasteiger partial charge in [0.1, 0.15) is 0 Å². The van der Waals surface area contributed by atoms with Gasteiger partial charge in [0.15, 0.2) is 9.84 Å². The van der Waals surface area contributed by atoms with Crippen LogP contribution in [0.25, 0.3) is 0 Å². The van der Waals surface area contributed by atoms with Gasteiger partial charge in [0.05, 0.1) is 24.2 Å². The van der Waals surface area contributed by atoms with Crippen LogP contribution in [0, 0.1) is 5.92 Å². The summed E-state index contributed by atoms with van der Waals surface area (Å²) in [5, 5.41) is 0. The van der Waals surface area contributed by atoms with E-state index in [-0.39, 0.29) is 35.5 Å². The summed E-state index contributed by atoms with van der Waals surface area (Å²) < 4.78 is 29.8. The Morgan fingerprint density at radius 3 is 2.29 bits per heavy atom. The highest BCUT2D eigenvalue weighted by Gasteiger charge is 2.37. The zero-order chi connectivity index (χ0) is 21.8. The summed E-state index contributed by atoms with van der Waals surface area (Å²) in [7, 11) is -3.06. The summed E-state index contributed by atoms with van der Waals surface area (Å²) >= 11 is 0. The number of piperidine rings is 2. The van der Waals surface area contributed by atoms with Crippen molar-refractivity contribution in [1.82, 2.24) is 14.7 Å². The molecule has 4 aliphatic rings. The first-order valence-corrected chi connectivity index (χ1v) is 13.9. The van der Waals surface area contributed by atoms with Crippen molar-refractivity contribution in [3.05, 3.63) is 0 Å². The van der Waals surface area contributed by atoms with Gasteiger partial charge in [0.2, 0.25) is 11.8 Å². The Balaban J connectivity index is 1.30. The van der Waals surface area contributed by atoms with Crippen molar-refractivity contribution in [2.75, 3.05) is 57.4 Å². The third-order valence-electron chi connectivity index (χ3n) is 7.36. The molecular formula is C22H37N3O5S. The molecule has 0 aliphatic carbocycles. The minimum absolute atomic E-state index is 0.00147. The molecule has 4 rings (SSSR count). The number of nitrogens with zero attached hydrogens (tertiary/aromatic N) is 3. The van der Waals surface area contributed by atoms with Crippen LogP contribution in [-0.2, 0) is 24.2 Å². The van der Waals surface area contributed by atoms with Gasteiger partial charge in [0, 0.05) is 38.2 Å². The Hall–Kier alpha value is -1.19. The number of amides is 2. The second-order valence-corrected chi connectivity index (χ2v) is 11.9. The molecule has 4 heterocycles. The topological polar surface area (TPSA) is 87.2 Å². The summed E-state index contributed by atoms with van der Waals surface area (Å²) in [5.41, 5.74) is 0. The number of hydrogen-bond acceptors (Lipinski definition) is 6. The van der Waals surface area contributed by atoms with Gasteiger partial charge in [-0.1, -0.05) is 0 Å². The Bertz CT molecular complexity index is 738. The molecule has 0 aromatic carbocycles. The quantitative estimate of drug-likeness (QED) is 0.592. The predicted molar refractivity (Wildman–Crippen MR) is 117 cm³/mol. The highest BCUT2D eigenvalue weighted by molar-refractivity contribution is 7.91. The zero-order valence-corrected chi connectivity index (χ0v) is 19.4. The Morgan fingerprint density at radius 2 is 1.68 bits per heavy atom. The second kappa shape index (κ2) is 10.2. The number of likely N-dealkylation sites (tertiary alicyclic amines) is 2. The number of hydrogen-bond donors (Lipinski definition) is 0. The van der Waals surface area contributed by atoms with Gasteiger partial charge in [-0.25, -0.2) is 8.42 Å². The number of ether oxygens (including phenoxy) is 1. The molecular weight excluding hydrogens is 418 g/mol. The van der Waals surface area contributed by atoms with Crippen molar-refractivity contribution >= 4 is 21.7 Å². The van der Waals surface area contributed by atoms with E-state index in [0.29, 0.717) is 32.0 Å². The van der Waals surface area contributed by atoms with Crippen LogP contribution in [0.3, 0.4) is 0 Å². The van der Waals surface area contributed by atoms with Gasteiger partial charge >= 0.3 is 0 Å². The number of sulfone groups is 1. The van der Waals surface area contributed by atoms with Gasteiger partial charge in [-0.2, -0.15) is 0 Å². The standard InChI is InChI=1S/C22H37N3O5S/c26-21(25(15-20-5-4-13-30-20)19-8-14-31(28,29)17-19)16-23-11-6-18(7-12-23)22(27)24-9-2-1-3-10-24/h18-20H,1-17H2. The van der Waals surface area contributed by atoms with Crippen LogP contribution in [0.5, 0.6) is 0 Å². The molecule has 0 aromatic rings. The van der Waals surface area contributed by atoms with Crippen LogP contribution in [0.15, 0.2) is 0 Å². The van der Waals surface area contributed by atoms with Crippen molar-refractivity contribution < 1.29 is 22.7 Å². The lowest BCUT2D eigenvalue weighted by Crippen LogP contribution is -2.51. The van der Waals surface area contributed by atoms with E-state index in [1.165, 1.54) is 6.42 Å². The first kappa shape index (κ1) is 23.0. The van der Waals surface area contributed by atoms with Gasteiger partial charge < -0.3 is 14.5 Å². The molecule has 9 heteroatoms. The van der Waals surface area contributed by atoms with E-state index < -0.39 is 9.84 Å². The average molecular weight is 456 g/mol. The van der Waals surface area contributed by atoms with Crippen molar-refractivity contribution in [3.63, 3.8) is 0 Å². The molecule has 176 valence electrons. The predicted octanol–water partition coefficient (Wildman–Crippen LogP) is 0.906. The molecule has 0 spiro atoms. The van der Waals surface area contributed by atoms with Gasteiger partial charge in [-0.05, 0) is 64.5 Å². The fourth-order valence-electron chi connectivity index (χ4n) is 5.48. The first-order valence-electron chi connectivity index (χ1n) is 12.0. The third-order valence-corrected chi connectivity index (χ3v) is 9.11. The lowest BCUT2D eigenvalue weighted by atomic mass is 9.94. The van der Waals surface area contributed by atoms with Gasteiger partial charge in [-0.15, -0.1) is 0 Å². The maximum Gasteiger partial charge on any atom is 0.237 e. The fourth-order valence-corrected chi connectivity index (χ4v) is 7.21. The summed E-state index contributed by atoms with van der Waals surface area (Å²) in [6, 6.07) is -0.236. The Morgan fingerprint density at radius 1 is 0.935 bits per heavy atom. The fraction of sp³-hybridized carbons (Fsp3) is 0.909. The molecule has 31 heavy (non-hydrogen) atoms. The first-order chi connectivity index (χ1) is 14.9. The smallest absolute Gasteiger partial charge is 0.237 e. The van der Waals surface area contributed by atoms with Crippen LogP contribution >= 0.6 is 0 Å². The Labute approximate surface area is 186 Å². The van der Waals surface area contributed by atoms with Crippen LogP contribution < -0.4 is 0 Å². The van der Waals surface area contributed by atoms with Gasteiger partial charge in [0.25, 0.3) is 0 Å². The van der Waals surface area contributed by atoms with E-state index in [0.717, 1.165) is 64.7 Å². The molecule has 4 saturated heterocycles. The number of carbonyl (C=O) groups excluding carboxylic acids is 2. The molecule has 4 fully saturated rings. The number of carbonyl (C=O) groups is 2. The lowest BCUT2D eigenvalue weighted by molar-refractivity contribution is -0.139. The minimum atomic E-state index is -3.06. The van der Waals surface area contributed by atoms with Crippen molar-refractivity contribution in [2.45, 2.75) is 63.5 Å². The van der Waals surface area contributed by atoms with Crippen LogP contribution in [0.1, 0.15) is 51.4 Å². The molecule has 0 radical (unpaired) electrons. The largest absolute Gasteiger partial charge is 0.376 e. The van der Waals surface area contributed by atoms with E-state index in [4.69, 9.17) is 4.74 Å². The molecule has 2 unspecified atom stereocenters. The molecule has 0 N–H and O–H groups in total. The molecule has 4 aliphatic heterocycles. The van der Waals surface area contributed by atoms with E-state index >= 15 is 0 Å². The minimum Gasteiger partial charge on any atom is -0.376 e.